The Morgan fingerprint density at radius 2 is 2.09 bits per heavy atom. The summed E-state index contributed by atoms with van der Waals surface area (Å²) >= 11 is 0. The van der Waals surface area contributed by atoms with E-state index in [0.29, 0.717) is 24.4 Å². The first-order valence-electron chi connectivity index (χ1n) is 7.91. The highest BCUT2D eigenvalue weighted by molar-refractivity contribution is 5.96. The predicted molar refractivity (Wildman–Crippen MR) is 80.6 cm³/mol. The van der Waals surface area contributed by atoms with Gasteiger partial charge in [0.05, 0.1) is 22.9 Å². The Kier molecular flexibility index (Phi) is 3.50. The van der Waals surface area contributed by atoms with Crippen LogP contribution in [0.5, 0.6) is 0 Å². The third kappa shape index (κ3) is 2.21. The van der Waals surface area contributed by atoms with Gasteiger partial charge in [-0.05, 0) is 25.2 Å². The number of nitrogens with zero attached hydrogens (tertiary/aromatic N) is 3. The first-order valence-corrected chi connectivity index (χ1v) is 7.91. The Labute approximate surface area is 130 Å². The van der Waals surface area contributed by atoms with Crippen molar-refractivity contribution >= 4 is 11.9 Å². The first-order chi connectivity index (χ1) is 10.4. The molecule has 3 rings (SSSR count). The number of amides is 1. The maximum Gasteiger partial charge on any atom is 0.311 e. The van der Waals surface area contributed by atoms with E-state index in [1.54, 1.807) is 15.8 Å². The Morgan fingerprint density at radius 1 is 1.41 bits per heavy atom. The van der Waals surface area contributed by atoms with Crippen LogP contribution in [0.1, 0.15) is 55.1 Å². The molecule has 2 aliphatic rings. The molecule has 1 unspecified atom stereocenters. The molecular weight excluding hydrogens is 282 g/mol. The second-order valence-corrected chi connectivity index (χ2v) is 6.93. The zero-order valence-electron chi connectivity index (χ0n) is 13.4. The van der Waals surface area contributed by atoms with Crippen LogP contribution in [-0.2, 0) is 11.8 Å². The number of carbonyl (C=O) groups is 2. The number of carboxylic acid groups (broad SMARTS) is 1. The second kappa shape index (κ2) is 5.11. The molecule has 1 saturated carbocycles. The summed E-state index contributed by atoms with van der Waals surface area (Å²) in [6.45, 7) is 4.63. The van der Waals surface area contributed by atoms with E-state index in [1.807, 2.05) is 20.9 Å². The number of likely N-dealkylation sites (tertiary alicyclic amines) is 1. The van der Waals surface area contributed by atoms with Crippen LogP contribution in [0.3, 0.4) is 0 Å². The normalized spacial score (nSPS) is 25.0. The summed E-state index contributed by atoms with van der Waals surface area (Å²) < 4.78 is 1.79. The Balaban J connectivity index is 1.84. The Hall–Kier alpha value is -1.85. The molecule has 1 aromatic rings. The van der Waals surface area contributed by atoms with Crippen LogP contribution in [0.15, 0.2) is 6.20 Å². The van der Waals surface area contributed by atoms with Gasteiger partial charge in [0.15, 0.2) is 0 Å². The van der Waals surface area contributed by atoms with Gasteiger partial charge < -0.3 is 10.0 Å². The lowest BCUT2D eigenvalue weighted by molar-refractivity contribution is -0.150. The molecular formula is C16H23N3O3. The average Bonchev–Trinajstić information content (AvgIpc) is 3.05. The SMILES string of the molecule is CC(C)C1(C(=O)O)CCN(C(=O)c2cnn(C)c2C2CC2)C1. The fourth-order valence-corrected chi connectivity index (χ4v) is 3.52. The molecule has 22 heavy (non-hydrogen) atoms. The highest BCUT2D eigenvalue weighted by atomic mass is 16.4. The number of carbonyl (C=O) groups excluding carboxylic acids is 1. The van der Waals surface area contributed by atoms with Gasteiger partial charge in [0.2, 0.25) is 0 Å². The van der Waals surface area contributed by atoms with Crippen LogP contribution in [0.4, 0.5) is 0 Å². The van der Waals surface area contributed by atoms with Crippen LogP contribution in [0, 0.1) is 11.3 Å². The molecule has 1 atom stereocenters. The van der Waals surface area contributed by atoms with Gasteiger partial charge in [-0.15, -0.1) is 0 Å². The lowest BCUT2D eigenvalue weighted by Gasteiger charge is -2.28. The smallest absolute Gasteiger partial charge is 0.311 e. The van der Waals surface area contributed by atoms with Crippen molar-refractivity contribution in [1.82, 2.24) is 14.7 Å². The van der Waals surface area contributed by atoms with E-state index in [-0.39, 0.29) is 18.4 Å². The molecule has 0 spiro atoms. The molecule has 120 valence electrons. The molecule has 6 nitrogen and oxygen atoms in total. The summed E-state index contributed by atoms with van der Waals surface area (Å²) in [5.74, 6) is -0.437. The molecule has 1 aromatic heterocycles. The largest absolute Gasteiger partial charge is 0.481 e. The van der Waals surface area contributed by atoms with Gasteiger partial charge in [-0.1, -0.05) is 13.8 Å². The summed E-state index contributed by atoms with van der Waals surface area (Å²) in [5.41, 5.74) is 0.828. The van der Waals surface area contributed by atoms with Crippen LogP contribution in [0.2, 0.25) is 0 Å². The second-order valence-electron chi connectivity index (χ2n) is 6.93. The average molecular weight is 305 g/mol. The van der Waals surface area contributed by atoms with Crippen LogP contribution in [-0.4, -0.2) is 44.8 Å². The van der Waals surface area contributed by atoms with Gasteiger partial charge in [-0.3, -0.25) is 14.3 Å². The summed E-state index contributed by atoms with van der Waals surface area (Å²) in [6.07, 6.45) is 4.35. The maximum absolute atomic E-state index is 12.8. The monoisotopic (exact) mass is 305 g/mol. The Morgan fingerprint density at radius 3 is 2.59 bits per heavy atom. The highest BCUT2D eigenvalue weighted by Gasteiger charge is 2.49. The Bertz CT molecular complexity index is 618. The fourth-order valence-electron chi connectivity index (χ4n) is 3.52. The van der Waals surface area contributed by atoms with Crippen molar-refractivity contribution in [3.8, 4) is 0 Å². The molecule has 6 heteroatoms. The van der Waals surface area contributed by atoms with E-state index >= 15 is 0 Å². The zero-order valence-corrected chi connectivity index (χ0v) is 13.4. The number of hydrogen-bond acceptors (Lipinski definition) is 3. The summed E-state index contributed by atoms with van der Waals surface area (Å²) in [5, 5.41) is 13.8. The predicted octanol–water partition coefficient (Wildman–Crippen LogP) is 1.87. The van der Waals surface area contributed by atoms with Crippen molar-refractivity contribution < 1.29 is 14.7 Å². The quantitative estimate of drug-likeness (QED) is 0.921. The van der Waals surface area contributed by atoms with E-state index in [2.05, 4.69) is 5.10 Å². The van der Waals surface area contributed by atoms with Crippen LogP contribution < -0.4 is 0 Å². The number of aliphatic carboxylic acids is 1. The third-order valence-corrected chi connectivity index (χ3v) is 5.30. The lowest BCUT2D eigenvalue weighted by atomic mass is 9.76. The van der Waals surface area contributed by atoms with E-state index in [4.69, 9.17) is 0 Å². The minimum absolute atomic E-state index is 0.000370. The molecule has 0 aromatic carbocycles. The van der Waals surface area contributed by atoms with E-state index < -0.39 is 11.4 Å². The summed E-state index contributed by atoms with van der Waals surface area (Å²) in [7, 11) is 1.87. The number of rotatable bonds is 4. The molecule has 1 N–H and O–H groups in total. The zero-order chi connectivity index (χ0) is 16.1. The number of aromatic nitrogens is 2. The minimum Gasteiger partial charge on any atom is -0.481 e. The number of carboxylic acids is 1. The van der Waals surface area contributed by atoms with Gasteiger partial charge in [-0.2, -0.15) is 5.10 Å². The standard InChI is InChI=1S/C16H23N3O3/c1-10(2)16(15(21)22)6-7-19(9-16)14(20)12-8-17-18(3)13(12)11-4-5-11/h8,10-11H,4-7,9H2,1-3H3,(H,21,22). The van der Waals surface area contributed by atoms with Crippen molar-refractivity contribution in [3.63, 3.8) is 0 Å². The molecule has 0 radical (unpaired) electrons. The van der Waals surface area contributed by atoms with Crippen molar-refractivity contribution in [2.24, 2.45) is 18.4 Å². The van der Waals surface area contributed by atoms with E-state index in [1.165, 1.54) is 0 Å². The summed E-state index contributed by atoms with van der Waals surface area (Å²) in [4.78, 5) is 26.2. The van der Waals surface area contributed by atoms with Crippen LogP contribution in [0.25, 0.3) is 0 Å². The molecule has 1 aliphatic carbocycles. The van der Waals surface area contributed by atoms with Gasteiger partial charge >= 0.3 is 5.97 Å². The first kappa shape index (κ1) is 15.1. The lowest BCUT2D eigenvalue weighted by Crippen LogP contribution is -2.40. The molecule has 1 aliphatic heterocycles. The van der Waals surface area contributed by atoms with Crippen molar-refractivity contribution in [3.05, 3.63) is 17.5 Å². The number of aryl methyl sites for hydroxylation is 1. The molecule has 1 saturated heterocycles. The van der Waals surface area contributed by atoms with Crippen LogP contribution >= 0.6 is 0 Å². The minimum atomic E-state index is -0.822. The summed E-state index contributed by atoms with van der Waals surface area (Å²) in [6, 6.07) is 0. The van der Waals surface area contributed by atoms with Crippen molar-refractivity contribution in [2.45, 2.75) is 39.0 Å². The van der Waals surface area contributed by atoms with E-state index in [0.717, 1.165) is 18.5 Å². The third-order valence-electron chi connectivity index (χ3n) is 5.30. The molecule has 1 amide bonds. The van der Waals surface area contributed by atoms with Crippen molar-refractivity contribution in [2.75, 3.05) is 13.1 Å². The topological polar surface area (TPSA) is 75.4 Å². The van der Waals surface area contributed by atoms with E-state index in [9.17, 15) is 14.7 Å². The molecule has 2 heterocycles. The fraction of sp³-hybridized carbons (Fsp3) is 0.688. The number of hydrogen-bond donors (Lipinski definition) is 1. The van der Waals surface area contributed by atoms with Gasteiger partial charge in [0.1, 0.15) is 0 Å². The maximum atomic E-state index is 12.8. The van der Waals surface area contributed by atoms with Gasteiger partial charge in [0, 0.05) is 26.1 Å². The van der Waals surface area contributed by atoms with Crippen molar-refractivity contribution in [1.29, 1.82) is 0 Å². The highest BCUT2D eigenvalue weighted by Crippen LogP contribution is 2.43. The van der Waals surface area contributed by atoms with Gasteiger partial charge in [-0.25, -0.2) is 0 Å². The molecule has 2 fully saturated rings. The van der Waals surface area contributed by atoms with Gasteiger partial charge in [0.25, 0.3) is 5.91 Å². The molecule has 0 bridgehead atoms.